The zero-order valence-electron chi connectivity index (χ0n) is 23.4. The normalized spacial score (nSPS) is 13.7. The minimum Gasteiger partial charge on any atom is -0.358 e. The Morgan fingerprint density at radius 1 is 1.00 bits per heavy atom. The number of rotatable bonds is 7. The van der Waals surface area contributed by atoms with Crippen molar-refractivity contribution in [3.05, 3.63) is 78.2 Å². The number of nitrogens with one attached hydrogen (secondary N) is 4. The van der Waals surface area contributed by atoms with Gasteiger partial charge in [0.25, 0.3) is 0 Å². The maximum atomic E-state index is 4.64. The number of H-pyrrole nitrogens is 2. The largest absolute Gasteiger partial charge is 0.358 e. The summed E-state index contributed by atoms with van der Waals surface area (Å²) in [6, 6.07) is 10.5. The summed E-state index contributed by atoms with van der Waals surface area (Å²) in [5.74, 6) is 0.676. The zero-order valence-corrected chi connectivity index (χ0v) is 24.2. The molecule has 1 aliphatic rings. The lowest BCUT2D eigenvalue weighted by Gasteiger charge is -2.23. The third kappa shape index (κ3) is 5.64. The van der Waals surface area contributed by atoms with Crippen LogP contribution in [0.5, 0.6) is 0 Å². The molecule has 0 atom stereocenters. The number of aromatic amines is 2. The first-order valence-corrected chi connectivity index (χ1v) is 15.1. The molecule has 0 bridgehead atoms. The number of allylic oxidation sites excluding steroid dienone is 1. The molecule has 0 amide bonds. The van der Waals surface area contributed by atoms with E-state index in [1.807, 2.05) is 38.6 Å². The average Bonchev–Trinajstić information content (AvgIpc) is 3.78. The first-order valence-electron chi connectivity index (χ1n) is 14.2. The van der Waals surface area contributed by atoms with E-state index < -0.39 is 0 Å². The topological polar surface area (TPSA) is 107 Å². The molecule has 8 nitrogen and oxygen atoms in total. The molecule has 0 aromatic carbocycles. The third-order valence-electron chi connectivity index (χ3n) is 7.43. The van der Waals surface area contributed by atoms with Crippen molar-refractivity contribution < 1.29 is 0 Å². The molecule has 4 N–H and O–H groups in total. The quantitative estimate of drug-likeness (QED) is 0.159. The molecule has 0 saturated carbocycles. The second kappa shape index (κ2) is 12.0. The van der Waals surface area contributed by atoms with E-state index in [0.29, 0.717) is 11.6 Å². The van der Waals surface area contributed by atoms with E-state index in [1.54, 1.807) is 11.3 Å². The highest BCUT2D eigenvalue weighted by Crippen LogP contribution is 2.35. The molecule has 7 heterocycles. The van der Waals surface area contributed by atoms with Gasteiger partial charge in [-0.25, -0.2) is 9.97 Å². The molecule has 6 aromatic rings. The van der Waals surface area contributed by atoms with Crippen LogP contribution in [-0.4, -0.2) is 43.2 Å². The van der Waals surface area contributed by atoms with E-state index in [2.05, 4.69) is 88.4 Å². The maximum absolute atomic E-state index is 4.64. The number of aromatic nitrogens is 6. The number of fused-ring (bicyclic) bond motifs is 2. The lowest BCUT2D eigenvalue weighted by Crippen LogP contribution is -2.28. The fourth-order valence-corrected chi connectivity index (χ4v) is 6.11. The molecule has 9 heteroatoms. The molecular formula is C32H34N8S. The van der Waals surface area contributed by atoms with Gasteiger partial charge in [0, 0.05) is 46.2 Å². The maximum Gasteiger partial charge on any atom is 0.181 e. The second-order valence-corrected chi connectivity index (χ2v) is 10.9. The summed E-state index contributed by atoms with van der Waals surface area (Å²) in [5, 5.41) is 20.8. The van der Waals surface area contributed by atoms with Gasteiger partial charge in [-0.05, 0) is 90.5 Å². The zero-order chi connectivity index (χ0) is 28.2. The number of hydrogen-bond acceptors (Lipinski definition) is 7. The van der Waals surface area contributed by atoms with Crippen LogP contribution in [0.25, 0.3) is 55.7 Å². The fourth-order valence-electron chi connectivity index (χ4n) is 5.45. The van der Waals surface area contributed by atoms with Crippen molar-refractivity contribution in [1.29, 1.82) is 0 Å². The minimum atomic E-state index is 0.663. The number of piperidine rings is 1. The van der Waals surface area contributed by atoms with Crippen molar-refractivity contribution in [2.45, 2.75) is 33.1 Å². The van der Waals surface area contributed by atoms with Gasteiger partial charge in [0.2, 0.25) is 0 Å². The lowest BCUT2D eigenvalue weighted by atomic mass is 9.93. The highest BCUT2D eigenvalue weighted by atomic mass is 32.1. The molecule has 0 radical (unpaired) electrons. The number of nitrogens with zero attached hydrogens (tertiary/aromatic N) is 4. The summed E-state index contributed by atoms with van der Waals surface area (Å²) in [6.45, 7) is 10.5. The van der Waals surface area contributed by atoms with E-state index in [9.17, 15) is 0 Å². The molecule has 7 rings (SSSR count). The predicted molar refractivity (Wildman–Crippen MR) is 170 cm³/mol. The Bertz CT molecular complexity index is 1780. The molecule has 1 saturated heterocycles. The summed E-state index contributed by atoms with van der Waals surface area (Å²) < 4.78 is 0. The van der Waals surface area contributed by atoms with Crippen LogP contribution in [-0.2, 0) is 0 Å². The van der Waals surface area contributed by atoms with Crippen molar-refractivity contribution in [2.75, 3.05) is 18.4 Å². The third-order valence-corrected chi connectivity index (χ3v) is 8.11. The first kappa shape index (κ1) is 26.9. The number of thiophene rings is 1. The smallest absolute Gasteiger partial charge is 0.181 e. The van der Waals surface area contributed by atoms with Crippen LogP contribution < -0.4 is 10.6 Å². The van der Waals surface area contributed by atoms with Crippen molar-refractivity contribution in [2.24, 2.45) is 5.92 Å². The van der Waals surface area contributed by atoms with Gasteiger partial charge < -0.3 is 15.6 Å². The fraction of sp³-hybridized carbons (Fsp3) is 0.250. The van der Waals surface area contributed by atoms with Crippen molar-refractivity contribution in [3.8, 4) is 33.6 Å². The number of hydrogen-bond donors (Lipinski definition) is 4. The number of pyridine rings is 3. The summed E-state index contributed by atoms with van der Waals surface area (Å²) in [7, 11) is 0. The summed E-state index contributed by atoms with van der Waals surface area (Å²) >= 11 is 1.69. The Balaban J connectivity index is 0.00000148. The van der Waals surface area contributed by atoms with Gasteiger partial charge in [-0.15, -0.1) is 0 Å². The Hall–Kier alpha value is -4.34. The molecule has 208 valence electrons. The highest BCUT2D eigenvalue weighted by Gasteiger charge is 2.17. The lowest BCUT2D eigenvalue weighted by molar-refractivity contribution is 0.373. The SMILES string of the molecule is C=C(CC1CCNCC1)Nc1cncc(-c2cnc3n[nH]c(-c4cc5c(-c6ccsc6)ccnc5[nH]4)c3c2)c1.CC. The molecular weight excluding hydrogens is 528 g/mol. The molecule has 1 aliphatic heterocycles. The van der Waals surface area contributed by atoms with Crippen molar-refractivity contribution >= 4 is 39.1 Å². The minimum absolute atomic E-state index is 0.663. The molecule has 1 fully saturated rings. The van der Waals surface area contributed by atoms with E-state index >= 15 is 0 Å². The van der Waals surface area contributed by atoms with Crippen LogP contribution in [0.4, 0.5) is 5.69 Å². The van der Waals surface area contributed by atoms with Crippen LogP contribution >= 0.6 is 11.3 Å². The summed E-state index contributed by atoms with van der Waals surface area (Å²) in [6.07, 6.45) is 10.8. The number of anilines is 1. The van der Waals surface area contributed by atoms with Crippen LogP contribution in [0.2, 0.25) is 0 Å². The van der Waals surface area contributed by atoms with Gasteiger partial charge in [0.1, 0.15) is 5.65 Å². The molecule has 0 spiro atoms. The molecule has 0 unspecified atom stereocenters. The standard InChI is InChI=1S/C30H28N8S.C2H6/c1-18(10-19-2-6-31-7-3-19)35-23-11-21(14-32-16-23)22-12-26-28(37-38-30(26)34-15-22)27-13-25-24(20-5-9-39-17-20)4-8-33-29(25)36-27;1-2/h4-5,8-9,11-17,19,31,35H,1-3,6-7,10H2,(H,33,36)(H,34,37,38);1-2H3. The van der Waals surface area contributed by atoms with Gasteiger partial charge in [-0.2, -0.15) is 16.4 Å². The van der Waals surface area contributed by atoms with Gasteiger partial charge in [-0.3, -0.25) is 10.1 Å². The Morgan fingerprint density at radius 3 is 2.68 bits per heavy atom. The van der Waals surface area contributed by atoms with E-state index in [1.165, 1.54) is 18.4 Å². The summed E-state index contributed by atoms with van der Waals surface area (Å²) in [4.78, 5) is 17.2. The Morgan fingerprint density at radius 2 is 1.85 bits per heavy atom. The van der Waals surface area contributed by atoms with Crippen LogP contribution in [0, 0.1) is 5.92 Å². The van der Waals surface area contributed by atoms with E-state index in [-0.39, 0.29) is 0 Å². The van der Waals surface area contributed by atoms with Crippen molar-refractivity contribution in [3.63, 3.8) is 0 Å². The predicted octanol–water partition coefficient (Wildman–Crippen LogP) is 7.63. The van der Waals surface area contributed by atoms with Gasteiger partial charge >= 0.3 is 0 Å². The van der Waals surface area contributed by atoms with E-state index in [0.717, 1.165) is 75.4 Å². The van der Waals surface area contributed by atoms with Gasteiger partial charge in [-0.1, -0.05) is 20.4 Å². The van der Waals surface area contributed by atoms with Crippen LogP contribution in [0.15, 0.2) is 78.2 Å². The average molecular weight is 563 g/mol. The Kier molecular flexibility index (Phi) is 7.89. The Labute approximate surface area is 243 Å². The second-order valence-electron chi connectivity index (χ2n) is 10.1. The van der Waals surface area contributed by atoms with Crippen LogP contribution in [0.1, 0.15) is 33.1 Å². The molecule has 0 aliphatic carbocycles. The van der Waals surface area contributed by atoms with Crippen LogP contribution in [0.3, 0.4) is 0 Å². The highest BCUT2D eigenvalue weighted by molar-refractivity contribution is 7.08. The molecule has 6 aromatic heterocycles. The summed E-state index contributed by atoms with van der Waals surface area (Å²) in [5.41, 5.74) is 9.56. The van der Waals surface area contributed by atoms with E-state index in [4.69, 9.17) is 0 Å². The first-order chi connectivity index (χ1) is 20.2. The van der Waals surface area contributed by atoms with Crippen molar-refractivity contribution in [1.82, 2.24) is 35.5 Å². The molecule has 41 heavy (non-hydrogen) atoms. The van der Waals surface area contributed by atoms with Gasteiger partial charge in [0.15, 0.2) is 5.65 Å². The van der Waals surface area contributed by atoms with Gasteiger partial charge in [0.05, 0.1) is 23.3 Å². The monoisotopic (exact) mass is 562 g/mol.